The molecule has 2 spiro atoms. The lowest BCUT2D eigenvalue weighted by Crippen LogP contribution is -2.68. The van der Waals surface area contributed by atoms with E-state index in [1.807, 2.05) is 18.2 Å². The summed E-state index contributed by atoms with van der Waals surface area (Å²) in [5.41, 5.74) is 3.40. The highest BCUT2D eigenvalue weighted by Crippen LogP contribution is 2.71. The number of nitrogens with zero attached hydrogens (tertiary/aromatic N) is 2. The summed E-state index contributed by atoms with van der Waals surface area (Å²) in [6.45, 7) is 4.53. The van der Waals surface area contributed by atoms with E-state index in [1.165, 1.54) is 37.7 Å². The molecule has 8 heteroatoms. The van der Waals surface area contributed by atoms with Crippen LogP contribution in [0.25, 0.3) is 0 Å². The van der Waals surface area contributed by atoms with Crippen LogP contribution in [0.3, 0.4) is 0 Å². The molecular formula is C34H44N2O6. The number of para-hydroxylation sites is 2. The molecule has 7 fully saturated rings. The Morgan fingerprint density at radius 1 is 0.905 bits per heavy atom. The minimum absolute atomic E-state index is 0.0241. The van der Waals surface area contributed by atoms with Crippen molar-refractivity contribution in [3.05, 3.63) is 53.6 Å². The van der Waals surface area contributed by atoms with E-state index in [0.29, 0.717) is 23.5 Å². The maximum atomic E-state index is 10.9. The Labute approximate surface area is 248 Å². The van der Waals surface area contributed by atoms with Gasteiger partial charge in [-0.05, 0) is 98.3 Å². The first-order valence-corrected chi connectivity index (χ1v) is 16.1. The van der Waals surface area contributed by atoms with Crippen molar-refractivity contribution in [2.75, 3.05) is 45.0 Å². The summed E-state index contributed by atoms with van der Waals surface area (Å²) in [5, 5.41) is 10.9. The van der Waals surface area contributed by atoms with E-state index >= 15 is 0 Å². The van der Waals surface area contributed by atoms with Crippen LogP contribution in [0.4, 0.5) is 5.69 Å². The molecule has 226 valence electrons. The number of rotatable bonds is 5. The van der Waals surface area contributed by atoms with E-state index in [-0.39, 0.29) is 12.2 Å². The highest BCUT2D eigenvalue weighted by atomic mass is 17.4. The first kappa shape index (κ1) is 27.2. The average Bonchev–Trinajstić information content (AvgIpc) is 3.02. The second-order valence-corrected chi connectivity index (χ2v) is 13.9. The van der Waals surface area contributed by atoms with Crippen LogP contribution in [-0.4, -0.2) is 55.9 Å². The van der Waals surface area contributed by atoms with Gasteiger partial charge in [-0.1, -0.05) is 24.3 Å². The van der Waals surface area contributed by atoms with Gasteiger partial charge in [0.15, 0.2) is 0 Å². The molecule has 1 N–H and O–H groups in total. The molecule has 1 atom stereocenters. The SMILES string of the molecule is COc1ccccc1N1CCN(Cc2cc(C3CCC4(OOCOO4)C4(C3)C3CC5CC(C3)CC4C5)ccc2O)CC1. The number of hydrogen-bond donors (Lipinski definition) is 1. The van der Waals surface area contributed by atoms with Gasteiger partial charge in [-0.25, -0.2) is 9.78 Å². The van der Waals surface area contributed by atoms with Gasteiger partial charge in [-0.2, -0.15) is 9.78 Å². The minimum atomic E-state index is -0.814. The summed E-state index contributed by atoms with van der Waals surface area (Å²) in [4.78, 5) is 28.2. The minimum Gasteiger partial charge on any atom is -0.508 e. The number of benzene rings is 2. The normalized spacial score (nSPS) is 35.6. The predicted molar refractivity (Wildman–Crippen MR) is 157 cm³/mol. The fraction of sp³-hybridized carbons (Fsp3) is 0.647. The molecule has 8 nitrogen and oxygen atoms in total. The average molecular weight is 577 g/mol. The largest absolute Gasteiger partial charge is 0.508 e. The molecule has 0 amide bonds. The second-order valence-electron chi connectivity index (χ2n) is 13.9. The maximum absolute atomic E-state index is 10.9. The highest BCUT2D eigenvalue weighted by molar-refractivity contribution is 5.58. The van der Waals surface area contributed by atoms with Crippen molar-refractivity contribution in [1.82, 2.24) is 4.90 Å². The molecule has 2 aromatic rings. The van der Waals surface area contributed by atoms with Crippen LogP contribution in [0, 0.1) is 29.1 Å². The Balaban J connectivity index is 1.01. The maximum Gasteiger partial charge on any atom is 0.240 e. The summed E-state index contributed by atoms with van der Waals surface area (Å²) in [5.74, 6) is 3.76. The zero-order valence-corrected chi connectivity index (χ0v) is 24.7. The molecule has 0 radical (unpaired) electrons. The van der Waals surface area contributed by atoms with Crippen molar-refractivity contribution in [2.45, 2.75) is 69.6 Å². The second kappa shape index (κ2) is 10.7. The van der Waals surface area contributed by atoms with E-state index in [4.69, 9.17) is 24.3 Å². The Morgan fingerprint density at radius 3 is 2.33 bits per heavy atom. The number of piperazine rings is 1. The van der Waals surface area contributed by atoms with Crippen molar-refractivity contribution in [3.63, 3.8) is 0 Å². The third kappa shape index (κ3) is 4.36. The molecule has 1 unspecified atom stereocenters. The Bertz CT molecular complexity index is 1260. The molecule has 2 saturated heterocycles. The lowest BCUT2D eigenvalue weighted by atomic mass is 9.40. The highest BCUT2D eigenvalue weighted by Gasteiger charge is 2.71. The van der Waals surface area contributed by atoms with Gasteiger partial charge in [-0.3, -0.25) is 4.90 Å². The molecule has 2 heterocycles. The van der Waals surface area contributed by atoms with E-state index in [9.17, 15) is 5.11 Å². The fourth-order valence-corrected chi connectivity index (χ4v) is 10.3. The van der Waals surface area contributed by atoms with Crippen LogP contribution >= 0.6 is 0 Å². The molecule has 5 saturated carbocycles. The number of phenolic OH excluding ortho intramolecular Hbond substituents is 1. The van der Waals surface area contributed by atoms with Crippen molar-refractivity contribution >= 4 is 5.69 Å². The van der Waals surface area contributed by atoms with Crippen molar-refractivity contribution in [1.29, 1.82) is 0 Å². The molecule has 4 bridgehead atoms. The number of aromatic hydroxyl groups is 1. The predicted octanol–water partition coefficient (Wildman–Crippen LogP) is 6.00. The smallest absolute Gasteiger partial charge is 0.240 e. The molecule has 5 aliphatic carbocycles. The van der Waals surface area contributed by atoms with E-state index < -0.39 is 5.79 Å². The number of hydrogen-bond acceptors (Lipinski definition) is 8. The van der Waals surface area contributed by atoms with E-state index in [2.05, 4.69) is 34.1 Å². The van der Waals surface area contributed by atoms with Crippen LogP contribution in [0.5, 0.6) is 11.5 Å². The molecule has 2 aromatic carbocycles. The van der Waals surface area contributed by atoms with Crippen LogP contribution in [0.15, 0.2) is 42.5 Å². The Hall–Kier alpha value is -2.36. The van der Waals surface area contributed by atoms with Crippen LogP contribution in [-0.2, 0) is 26.1 Å². The van der Waals surface area contributed by atoms with Gasteiger partial charge in [-0.15, -0.1) is 0 Å². The van der Waals surface area contributed by atoms with Crippen molar-refractivity contribution in [3.8, 4) is 11.5 Å². The number of methoxy groups -OCH3 is 1. The summed E-state index contributed by atoms with van der Waals surface area (Å²) in [6, 6.07) is 14.6. The van der Waals surface area contributed by atoms with Gasteiger partial charge in [0.2, 0.25) is 12.6 Å². The summed E-state index contributed by atoms with van der Waals surface area (Å²) < 4.78 is 5.60. The van der Waals surface area contributed by atoms with Crippen molar-refractivity contribution < 1.29 is 29.4 Å². The third-order valence-electron chi connectivity index (χ3n) is 12.0. The number of ether oxygens (including phenoxy) is 1. The standard InChI is InChI=1S/C34H44N2O6/c1-38-32-5-3-2-4-30(32)36-12-10-35(11-13-36)21-27-19-25(6-7-31(27)37)26-8-9-34(41-39-22-40-42-34)33(20-26)28-15-23-14-24(17-28)18-29(33)16-23/h2-7,19,23-24,26,28-29,37H,8-18,20-22H2,1H3. The van der Waals surface area contributed by atoms with Gasteiger partial charge in [0, 0.05) is 50.1 Å². The monoisotopic (exact) mass is 576 g/mol. The number of anilines is 1. The Morgan fingerprint density at radius 2 is 1.62 bits per heavy atom. The lowest BCUT2D eigenvalue weighted by Gasteiger charge is -2.68. The molecule has 7 aliphatic rings. The topological polar surface area (TPSA) is 72.9 Å². The molecule has 2 aliphatic heterocycles. The van der Waals surface area contributed by atoms with Crippen LogP contribution in [0.1, 0.15) is 68.4 Å². The first-order chi connectivity index (χ1) is 20.6. The molecule has 42 heavy (non-hydrogen) atoms. The number of phenols is 1. The molecule has 0 aromatic heterocycles. The van der Waals surface area contributed by atoms with Crippen LogP contribution in [0.2, 0.25) is 0 Å². The zero-order valence-electron chi connectivity index (χ0n) is 24.7. The summed E-state index contributed by atoms with van der Waals surface area (Å²) >= 11 is 0. The Kier molecular flexibility index (Phi) is 6.91. The van der Waals surface area contributed by atoms with Gasteiger partial charge >= 0.3 is 0 Å². The quantitative estimate of drug-likeness (QED) is 0.435. The van der Waals surface area contributed by atoms with Gasteiger partial charge in [0.1, 0.15) is 11.5 Å². The third-order valence-corrected chi connectivity index (χ3v) is 12.0. The first-order valence-electron chi connectivity index (χ1n) is 16.1. The van der Waals surface area contributed by atoms with Gasteiger partial charge < -0.3 is 14.7 Å². The van der Waals surface area contributed by atoms with E-state index in [1.54, 1.807) is 7.11 Å². The fourth-order valence-electron chi connectivity index (χ4n) is 10.3. The molecular weight excluding hydrogens is 532 g/mol. The zero-order chi connectivity index (χ0) is 28.3. The van der Waals surface area contributed by atoms with Crippen molar-refractivity contribution in [2.24, 2.45) is 29.1 Å². The van der Waals surface area contributed by atoms with Gasteiger partial charge in [0.05, 0.1) is 12.8 Å². The molecule has 9 rings (SSSR count). The summed E-state index contributed by atoms with van der Waals surface area (Å²) in [7, 11) is 1.73. The lowest BCUT2D eigenvalue weighted by molar-refractivity contribution is -0.629. The summed E-state index contributed by atoms with van der Waals surface area (Å²) in [6.07, 6.45) is 9.24. The van der Waals surface area contributed by atoms with E-state index in [0.717, 1.165) is 80.8 Å². The van der Waals surface area contributed by atoms with Crippen LogP contribution < -0.4 is 9.64 Å². The van der Waals surface area contributed by atoms with Gasteiger partial charge in [0.25, 0.3) is 0 Å².